The zero-order valence-corrected chi connectivity index (χ0v) is 11.6. The number of hydrogen-bond acceptors (Lipinski definition) is 4. The summed E-state index contributed by atoms with van der Waals surface area (Å²) in [4.78, 5) is 0. The van der Waals surface area contributed by atoms with Crippen molar-refractivity contribution >= 4 is 10.0 Å². The minimum Gasteiger partial charge on any atom is -0.465 e. The van der Waals surface area contributed by atoms with Gasteiger partial charge in [-0.1, -0.05) is 0 Å². The van der Waals surface area contributed by atoms with Gasteiger partial charge in [-0.2, -0.15) is 0 Å². The maximum Gasteiger partial charge on any atom is 0.213 e. The summed E-state index contributed by atoms with van der Waals surface area (Å²) in [7, 11) is -3.28. The molecule has 0 aromatic carbocycles. The topological polar surface area (TPSA) is 71.3 Å². The zero-order chi connectivity index (χ0) is 13.2. The highest BCUT2D eigenvalue weighted by atomic mass is 32.2. The normalized spacial score (nSPS) is 22.2. The van der Waals surface area contributed by atoms with Crippen molar-refractivity contribution in [2.45, 2.75) is 38.8 Å². The van der Waals surface area contributed by atoms with Gasteiger partial charge in [0.05, 0.1) is 11.8 Å². The van der Waals surface area contributed by atoms with Gasteiger partial charge in [0.2, 0.25) is 10.0 Å². The van der Waals surface area contributed by atoms with E-state index in [1.807, 2.05) is 13.0 Å². The highest BCUT2D eigenvalue weighted by Gasteiger charge is 2.24. The van der Waals surface area contributed by atoms with Crippen molar-refractivity contribution < 1.29 is 12.8 Å². The Labute approximate surface area is 108 Å². The Kier molecular flexibility index (Phi) is 4.09. The first-order valence-corrected chi connectivity index (χ1v) is 7.91. The lowest BCUT2D eigenvalue weighted by Crippen LogP contribution is -2.37. The van der Waals surface area contributed by atoms with Crippen LogP contribution in [0.4, 0.5) is 0 Å². The Morgan fingerprint density at radius 1 is 1.56 bits per heavy atom. The molecule has 6 heteroatoms. The third-order valence-corrected chi connectivity index (χ3v) is 4.68. The molecule has 0 bridgehead atoms. The molecule has 2 unspecified atom stereocenters. The van der Waals surface area contributed by atoms with E-state index in [0.29, 0.717) is 5.76 Å². The number of hydrogen-bond donors (Lipinski definition) is 2. The maximum absolute atomic E-state index is 12.0. The minimum atomic E-state index is -3.28. The zero-order valence-electron chi connectivity index (χ0n) is 10.8. The van der Waals surface area contributed by atoms with Crippen LogP contribution < -0.4 is 10.0 Å². The standard InChI is InChI=1S/C12H20N2O3S/c1-9-5-6-12(17-9)10(2)14-18(15,16)8-11-4-3-7-13-11/h5-6,10-11,13-14H,3-4,7-8H2,1-2H3. The van der Waals surface area contributed by atoms with E-state index in [1.54, 1.807) is 13.0 Å². The first kappa shape index (κ1) is 13.6. The third-order valence-electron chi connectivity index (χ3n) is 3.13. The molecule has 1 fully saturated rings. The smallest absolute Gasteiger partial charge is 0.213 e. The van der Waals surface area contributed by atoms with E-state index in [4.69, 9.17) is 4.42 Å². The summed E-state index contributed by atoms with van der Waals surface area (Å²) in [6.45, 7) is 4.54. The van der Waals surface area contributed by atoms with Gasteiger partial charge in [0.25, 0.3) is 0 Å². The van der Waals surface area contributed by atoms with Gasteiger partial charge in [-0.05, 0) is 45.4 Å². The van der Waals surface area contributed by atoms with Gasteiger partial charge in [0.1, 0.15) is 11.5 Å². The summed E-state index contributed by atoms with van der Waals surface area (Å²) in [6, 6.07) is 3.38. The van der Waals surface area contributed by atoms with Gasteiger partial charge < -0.3 is 9.73 Å². The highest BCUT2D eigenvalue weighted by molar-refractivity contribution is 7.89. The van der Waals surface area contributed by atoms with E-state index in [9.17, 15) is 8.42 Å². The molecule has 1 aliphatic heterocycles. The fraction of sp³-hybridized carbons (Fsp3) is 0.667. The Morgan fingerprint density at radius 3 is 2.89 bits per heavy atom. The number of sulfonamides is 1. The van der Waals surface area contributed by atoms with Crippen LogP contribution in [0, 0.1) is 6.92 Å². The lowest BCUT2D eigenvalue weighted by molar-refractivity contribution is 0.440. The van der Waals surface area contributed by atoms with Gasteiger partial charge >= 0.3 is 0 Å². The van der Waals surface area contributed by atoms with Gasteiger partial charge in [-0.15, -0.1) is 0 Å². The second-order valence-corrected chi connectivity index (χ2v) is 6.66. The van der Waals surface area contributed by atoms with Gasteiger partial charge in [-0.25, -0.2) is 13.1 Å². The molecule has 2 rings (SSSR count). The molecule has 1 aromatic heterocycles. The van der Waals surface area contributed by atoms with Crippen LogP contribution in [0.15, 0.2) is 16.5 Å². The maximum atomic E-state index is 12.0. The largest absolute Gasteiger partial charge is 0.465 e. The Hall–Kier alpha value is -0.850. The molecular weight excluding hydrogens is 252 g/mol. The van der Waals surface area contributed by atoms with E-state index >= 15 is 0 Å². The number of nitrogens with one attached hydrogen (secondary N) is 2. The second kappa shape index (κ2) is 5.42. The quantitative estimate of drug-likeness (QED) is 0.848. The molecule has 1 aliphatic rings. The minimum absolute atomic E-state index is 0.0769. The van der Waals surface area contributed by atoms with Gasteiger partial charge in [0.15, 0.2) is 0 Å². The van der Waals surface area contributed by atoms with Crippen LogP contribution in [-0.4, -0.2) is 26.8 Å². The van der Waals surface area contributed by atoms with Crippen molar-refractivity contribution in [3.63, 3.8) is 0 Å². The average molecular weight is 272 g/mol. The predicted octanol–water partition coefficient (Wildman–Crippen LogP) is 1.32. The molecule has 0 spiro atoms. The predicted molar refractivity (Wildman–Crippen MR) is 69.8 cm³/mol. The van der Waals surface area contributed by atoms with Crippen molar-refractivity contribution in [1.82, 2.24) is 10.0 Å². The summed E-state index contributed by atoms with van der Waals surface area (Å²) in [5.41, 5.74) is 0. The molecule has 2 heterocycles. The van der Waals surface area contributed by atoms with E-state index in [1.165, 1.54) is 0 Å². The Morgan fingerprint density at radius 2 is 2.33 bits per heavy atom. The first-order valence-electron chi connectivity index (χ1n) is 6.26. The molecule has 18 heavy (non-hydrogen) atoms. The Balaban J connectivity index is 1.94. The fourth-order valence-corrected chi connectivity index (χ4v) is 3.79. The van der Waals surface area contributed by atoms with Crippen LogP contribution in [0.5, 0.6) is 0 Å². The van der Waals surface area contributed by atoms with Crippen LogP contribution >= 0.6 is 0 Å². The molecule has 0 radical (unpaired) electrons. The molecule has 0 amide bonds. The van der Waals surface area contributed by atoms with Crippen molar-refractivity contribution in [1.29, 1.82) is 0 Å². The molecule has 1 aromatic rings. The molecular formula is C12H20N2O3S. The third kappa shape index (κ3) is 3.57. The molecule has 2 N–H and O–H groups in total. The fourth-order valence-electron chi connectivity index (χ4n) is 2.23. The molecule has 5 nitrogen and oxygen atoms in total. The molecule has 2 atom stereocenters. The number of furan rings is 1. The van der Waals surface area contributed by atoms with Crippen molar-refractivity contribution in [3.8, 4) is 0 Å². The van der Waals surface area contributed by atoms with E-state index in [0.717, 1.165) is 25.1 Å². The summed E-state index contributed by atoms with van der Waals surface area (Å²) < 4.78 is 32.0. The second-order valence-electron chi connectivity index (χ2n) is 4.86. The SMILES string of the molecule is Cc1ccc(C(C)NS(=O)(=O)CC2CCCN2)o1. The first-order chi connectivity index (χ1) is 8.46. The van der Waals surface area contributed by atoms with Crippen molar-refractivity contribution in [3.05, 3.63) is 23.7 Å². The Bertz CT molecular complexity index is 489. The van der Waals surface area contributed by atoms with Crippen LogP contribution in [0.2, 0.25) is 0 Å². The summed E-state index contributed by atoms with van der Waals surface area (Å²) in [5, 5.41) is 3.19. The molecule has 102 valence electrons. The molecule has 1 saturated heterocycles. The van der Waals surface area contributed by atoms with E-state index < -0.39 is 10.0 Å². The molecule has 0 aliphatic carbocycles. The van der Waals surface area contributed by atoms with Crippen LogP contribution in [0.25, 0.3) is 0 Å². The van der Waals surface area contributed by atoms with E-state index in [2.05, 4.69) is 10.0 Å². The monoisotopic (exact) mass is 272 g/mol. The number of aryl methyl sites for hydroxylation is 1. The summed E-state index contributed by atoms with van der Waals surface area (Å²) >= 11 is 0. The lowest BCUT2D eigenvalue weighted by atomic mass is 10.3. The van der Waals surface area contributed by atoms with Crippen LogP contribution in [-0.2, 0) is 10.0 Å². The van der Waals surface area contributed by atoms with Crippen LogP contribution in [0.1, 0.15) is 37.3 Å². The lowest BCUT2D eigenvalue weighted by Gasteiger charge is -2.15. The number of rotatable bonds is 5. The van der Waals surface area contributed by atoms with E-state index in [-0.39, 0.29) is 17.8 Å². The van der Waals surface area contributed by atoms with Crippen LogP contribution in [0.3, 0.4) is 0 Å². The average Bonchev–Trinajstić information content (AvgIpc) is 2.87. The summed E-state index contributed by atoms with van der Waals surface area (Å²) in [6.07, 6.45) is 1.97. The highest BCUT2D eigenvalue weighted by Crippen LogP contribution is 2.17. The van der Waals surface area contributed by atoms with Crippen molar-refractivity contribution in [2.24, 2.45) is 0 Å². The summed E-state index contributed by atoms with van der Waals surface area (Å²) in [5.74, 6) is 1.57. The van der Waals surface area contributed by atoms with Gasteiger partial charge in [-0.3, -0.25) is 0 Å². The molecule has 0 saturated carbocycles. The van der Waals surface area contributed by atoms with Gasteiger partial charge in [0, 0.05) is 6.04 Å². The van der Waals surface area contributed by atoms with Crippen molar-refractivity contribution in [2.75, 3.05) is 12.3 Å².